The Morgan fingerprint density at radius 1 is 0.791 bits per heavy atom. The smallest absolute Gasteiger partial charge is 0.243 e. The number of nitrogens with zero attached hydrogens (tertiary/aromatic N) is 1. The second kappa shape index (κ2) is 18.2. The summed E-state index contributed by atoms with van der Waals surface area (Å²) in [6.45, 7) is 50.1. The van der Waals surface area contributed by atoms with Gasteiger partial charge in [0, 0.05) is 42.5 Å². The van der Waals surface area contributed by atoms with Gasteiger partial charge >= 0.3 is 0 Å². The second-order valence-corrected chi connectivity index (χ2v) is 26.1. The molecule has 0 atom stereocenters. The van der Waals surface area contributed by atoms with Crippen LogP contribution >= 0.6 is 22.7 Å². The van der Waals surface area contributed by atoms with Crippen LogP contribution in [0.2, 0.25) is 0 Å². The van der Waals surface area contributed by atoms with Crippen molar-refractivity contribution in [2.24, 2.45) is 16.7 Å². The Labute approximate surface area is 413 Å². The third-order valence-corrected chi connectivity index (χ3v) is 16.5. The van der Waals surface area contributed by atoms with E-state index in [9.17, 15) is 0 Å². The number of nitrogens with one attached hydrogen (secondary N) is 1. The molecule has 0 saturated heterocycles. The molecule has 2 aliphatic rings. The van der Waals surface area contributed by atoms with Crippen LogP contribution in [-0.4, -0.2) is 6.71 Å². The number of thiophene rings is 2. The molecule has 0 bridgehead atoms. The summed E-state index contributed by atoms with van der Waals surface area (Å²) in [5.41, 5.74) is 13.7. The molecule has 0 amide bonds. The van der Waals surface area contributed by atoms with E-state index in [0.717, 1.165) is 23.4 Å². The molecule has 0 saturated carbocycles. The Kier molecular flexibility index (Phi) is 13.6. The molecule has 350 valence electrons. The molecule has 1 aliphatic carbocycles. The van der Waals surface area contributed by atoms with Crippen LogP contribution in [0.1, 0.15) is 140 Å². The van der Waals surface area contributed by atoms with E-state index < -0.39 is 0 Å². The largest absolute Gasteiger partial charge is 0.362 e. The van der Waals surface area contributed by atoms with E-state index in [1.165, 1.54) is 86.0 Å². The SMILES string of the molecule is C=C/C(=C\C=C\B1C(=C\Nc2cccc3sc4ccc(C(C)(C)C)cc4c23)/C(=C\C(=C)C)N(/C=C/C(=C(\C=C)C(C)(C)C)C(C)(C)C)c2sc3cc4c(cc3c21)C(C)(C)CCC4(C)C)C(C)C. The Morgan fingerprint density at radius 3 is 2.03 bits per heavy atom. The number of benzene rings is 3. The number of fused-ring (bicyclic) bond motifs is 7. The molecule has 3 aromatic carbocycles. The Balaban J connectivity index is 1.59. The highest BCUT2D eigenvalue weighted by Gasteiger charge is 2.41. The summed E-state index contributed by atoms with van der Waals surface area (Å²) in [6.07, 6.45) is 20.2. The standard InChI is InChI=1S/C62H77BN2S2/c1-20-41(40(5)6)24-23-32-63-49(38-64-50-25-22-26-53-55(50)43-35-42(58(7,8)9)27-28-52(43)66-53)51(34-39(3)4)65(33-29-46(60(13,14)15)45(21-2)59(10,11)12)57-56(63)44-36-47-48(37-54(44)67-57)62(18,19)31-30-61(47,16)17/h20-29,32-38,40,64H,1-3,30-31H2,4-19H3/b32-23+,33-29+,41-24+,46-45-,49-38-,51-34+. The minimum atomic E-state index is -0.132. The number of rotatable bonds is 10. The maximum absolute atomic E-state index is 4.53. The molecule has 3 heterocycles. The summed E-state index contributed by atoms with van der Waals surface area (Å²) in [7, 11) is 0. The molecule has 2 aromatic heterocycles. The minimum absolute atomic E-state index is 0.0374. The third-order valence-electron chi connectivity index (χ3n) is 14.2. The molecule has 5 heteroatoms. The molecule has 7 rings (SSSR count). The Morgan fingerprint density at radius 2 is 1.45 bits per heavy atom. The first-order valence-corrected chi connectivity index (χ1v) is 26.1. The van der Waals surface area contributed by atoms with E-state index in [1.54, 1.807) is 0 Å². The fraction of sp³-hybridized carbons (Fsp3) is 0.387. The first kappa shape index (κ1) is 50.1. The van der Waals surface area contributed by atoms with Crippen LogP contribution in [0, 0.1) is 16.7 Å². The normalized spacial score (nSPS) is 18.5. The van der Waals surface area contributed by atoms with E-state index in [-0.39, 0.29) is 33.8 Å². The van der Waals surface area contributed by atoms with Crippen LogP contribution in [0.15, 0.2) is 157 Å². The summed E-state index contributed by atoms with van der Waals surface area (Å²) in [5.74, 6) is 2.79. The van der Waals surface area contributed by atoms with Crippen molar-refractivity contribution in [2.75, 3.05) is 10.2 Å². The van der Waals surface area contributed by atoms with Gasteiger partial charge in [0.25, 0.3) is 0 Å². The molecule has 1 N–H and O–H groups in total. The van der Waals surface area contributed by atoms with Crippen LogP contribution in [0.25, 0.3) is 30.3 Å². The van der Waals surface area contributed by atoms with E-state index in [1.807, 2.05) is 28.7 Å². The highest BCUT2D eigenvalue weighted by molar-refractivity contribution is 7.26. The van der Waals surface area contributed by atoms with E-state index >= 15 is 0 Å². The van der Waals surface area contributed by atoms with Crippen LogP contribution in [0.4, 0.5) is 10.7 Å². The summed E-state index contributed by atoms with van der Waals surface area (Å²) in [6, 6.07) is 18.9. The van der Waals surface area contributed by atoms with Gasteiger partial charge in [0.05, 0.1) is 5.00 Å². The van der Waals surface area contributed by atoms with Crippen molar-refractivity contribution < 1.29 is 0 Å². The number of anilines is 2. The van der Waals surface area contributed by atoms with Crippen LogP contribution in [0.3, 0.4) is 0 Å². The molecular formula is C62H77BN2S2. The van der Waals surface area contributed by atoms with Crippen molar-refractivity contribution >= 4 is 75.8 Å². The maximum Gasteiger partial charge on any atom is 0.243 e. The minimum Gasteiger partial charge on any atom is -0.362 e. The number of hydrogen-bond acceptors (Lipinski definition) is 4. The van der Waals surface area contributed by atoms with Gasteiger partial charge in [0.2, 0.25) is 6.71 Å². The predicted octanol–water partition coefficient (Wildman–Crippen LogP) is 18.4. The highest BCUT2D eigenvalue weighted by Crippen LogP contribution is 2.50. The third kappa shape index (κ3) is 9.89. The summed E-state index contributed by atoms with van der Waals surface area (Å²) < 4.78 is 3.91. The predicted molar refractivity (Wildman–Crippen MR) is 305 cm³/mol. The maximum atomic E-state index is 4.53. The van der Waals surface area contributed by atoms with E-state index in [2.05, 4.69) is 238 Å². The van der Waals surface area contributed by atoms with Crippen molar-refractivity contribution in [1.82, 2.24) is 0 Å². The molecule has 2 nitrogen and oxygen atoms in total. The summed E-state index contributed by atoms with van der Waals surface area (Å²) in [5, 5.41) is 9.14. The Hall–Kier alpha value is -4.84. The quantitative estimate of drug-likeness (QED) is 0.111. The van der Waals surface area contributed by atoms with Gasteiger partial charge in [0.15, 0.2) is 0 Å². The molecule has 67 heavy (non-hydrogen) atoms. The molecular weight excluding hydrogens is 848 g/mol. The summed E-state index contributed by atoms with van der Waals surface area (Å²) >= 11 is 3.79. The average molecular weight is 925 g/mol. The van der Waals surface area contributed by atoms with Gasteiger partial charge in [-0.05, 0) is 157 Å². The lowest BCUT2D eigenvalue weighted by Crippen LogP contribution is -2.43. The monoisotopic (exact) mass is 925 g/mol. The summed E-state index contributed by atoms with van der Waals surface area (Å²) in [4.78, 5) is 2.48. The lowest BCUT2D eigenvalue weighted by atomic mass is 9.38. The lowest BCUT2D eigenvalue weighted by Gasteiger charge is -2.42. The molecule has 1 aliphatic heterocycles. The zero-order valence-electron chi connectivity index (χ0n) is 43.8. The van der Waals surface area contributed by atoms with Gasteiger partial charge < -0.3 is 10.2 Å². The molecule has 0 radical (unpaired) electrons. The van der Waals surface area contributed by atoms with Gasteiger partial charge in [-0.2, -0.15) is 0 Å². The molecule has 5 aromatic rings. The lowest BCUT2D eigenvalue weighted by molar-refractivity contribution is 0.332. The number of hydrogen-bond donors (Lipinski definition) is 1. The van der Waals surface area contributed by atoms with E-state index in [0.29, 0.717) is 5.92 Å². The van der Waals surface area contributed by atoms with Crippen LogP contribution < -0.4 is 15.7 Å². The fourth-order valence-electron chi connectivity index (χ4n) is 10.2. The fourth-order valence-corrected chi connectivity index (χ4v) is 12.5. The van der Waals surface area contributed by atoms with E-state index in [4.69, 9.17) is 0 Å². The molecule has 0 spiro atoms. The van der Waals surface area contributed by atoms with Crippen LogP contribution in [-0.2, 0) is 16.2 Å². The topological polar surface area (TPSA) is 15.3 Å². The van der Waals surface area contributed by atoms with Crippen molar-refractivity contribution in [1.29, 1.82) is 0 Å². The molecule has 0 unspecified atom stereocenters. The van der Waals surface area contributed by atoms with Gasteiger partial charge in [-0.25, -0.2) is 0 Å². The molecule has 0 fully saturated rings. The first-order valence-electron chi connectivity index (χ1n) is 24.4. The highest BCUT2D eigenvalue weighted by atomic mass is 32.1. The van der Waals surface area contributed by atoms with Crippen LogP contribution in [0.5, 0.6) is 0 Å². The zero-order valence-corrected chi connectivity index (χ0v) is 45.4. The van der Waals surface area contributed by atoms with Gasteiger partial charge in [-0.15, -0.1) is 28.6 Å². The number of allylic oxidation sites excluding steroid dienone is 11. The zero-order chi connectivity index (χ0) is 49.2. The second-order valence-electron chi connectivity index (χ2n) is 23.9. The van der Waals surface area contributed by atoms with Crippen molar-refractivity contribution in [3.8, 4) is 0 Å². The van der Waals surface area contributed by atoms with Gasteiger partial charge in [0.1, 0.15) is 0 Å². The van der Waals surface area contributed by atoms with Crippen molar-refractivity contribution in [2.45, 2.75) is 140 Å². The van der Waals surface area contributed by atoms with Gasteiger partial charge in [-0.3, -0.25) is 0 Å². The van der Waals surface area contributed by atoms with Gasteiger partial charge in [-0.1, -0.05) is 166 Å². The first-order chi connectivity index (χ1) is 31.2. The Bertz CT molecular complexity index is 2980. The van der Waals surface area contributed by atoms with Crippen molar-refractivity contribution in [3.05, 3.63) is 173 Å². The van der Waals surface area contributed by atoms with Crippen molar-refractivity contribution in [3.63, 3.8) is 0 Å². The average Bonchev–Trinajstić information content (AvgIpc) is 3.79.